The van der Waals surface area contributed by atoms with E-state index in [1.807, 2.05) is 6.07 Å². The maximum Gasteiger partial charge on any atom is 0.0932 e. The standard InChI is InChI=1S/C15H22O/c1-10(2)9-15(16)12(4)11(3)13-7-5-6-8-14(13)15/h5-8,10-12,16H,9H2,1-4H3/t11-,12+,15-/m1/s1. The highest BCUT2D eigenvalue weighted by Gasteiger charge is 2.46. The van der Waals surface area contributed by atoms with Crippen LogP contribution in [0.1, 0.15) is 51.2 Å². The van der Waals surface area contributed by atoms with Crippen molar-refractivity contribution in [2.75, 3.05) is 0 Å². The smallest absolute Gasteiger partial charge is 0.0932 e. The SMILES string of the molecule is CC(C)C[C@]1(O)c2ccccc2[C@H](C)[C@@H]1C. The predicted molar refractivity (Wildman–Crippen MR) is 67.4 cm³/mol. The molecule has 1 nitrogen and oxygen atoms in total. The summed E-state index contributed by atoms with van der Waals surface area (Å²) >= 11 is 0. The Morgan fingerprint density at radius 3 is 2.50 bits per heavy atom. The Bertz CT molecular complexity index is 383. The maximum absolute atomic E-state index is 11.0. The lowest BCUT2D eigenvalue weighted by molar-refractivity contribution is -0.0291. The van der Waals surface area contributed by atoms with Crippen LogP contribution in [0.15, 0.2) is 24.3 Å². The van der Waals surface area contributed by atoms with Gasteiger partial charge in [0, 0.05) is 0 Å². The molecule has 0 aliphatic heterocycles. The molecule has 0 unspecified atom stereocenters. The molecule has 0 saturated carbocycles. The molecule has 1 heteroatoms. The van der Waals surface area contributed by atoms with Crippen molar-refractivity contribution in [3.8, 4) is 0 Å². The van der Waals surface area contributed by atoms with E-state index >= 15 is 0 Å². The van der Waals surface area contributed by atoms with Crippen LogP contribution >= 0.6 is 0 Å². The third-order valence-electron chi connectivity index (χ3n) is 4.14. The molecule has 1 N–H and O–H groups in total. The molecule has 1 aromatic rings. The molecule has 0 aromatic heterocycles. The summed E-state index contributed by atoms with van der Waals surface area (Å²) in [7, 11) is 0. The van der Waals surface area contributed by atoms with Crippen LogP contribution in [0.25, 0.3) is 0 Å². The molecule has 16 heavy (non-hydrogen) atoms. The summed E-state index contributed by atoms with van der Waals surface area (Å²) < 4.78 is 0. The Hall–Kier alpha value is -0.820. The van der Waals surface area contributed by atoms with Crippen molar-refractivity contribution >= 4 is 0 Å². The van der Waals surface area contributed by atoms with Gasteiger partial charge in [-0.3, -0.25) is 0 Å². The van der Waals surface area contributed by atoms with Crippen molar-refractivity contribution in [2.24, 2.45) is 11.8 Å². The predicted octanol–water partition coefficient (Wildman–Crippen LogP) is 3.67. The average molecular weight is 218 g/mol. The first-order valence-corrected chi connectivity index (χ1v) is 6.28. The van der Waals surface area contributed by atoms with Gasteiger partial charge < -0.3 is 5.11 Å². The van der Waals surface area contributed by atoms with Gasteiger partial charge in [-0.15, -0.1) is 0 Å². The van der Waals surface area contributed by atoms with Gasteiger partial charge in [0.15, 0.2) is 0 Å². The van der Waals surface area contributed by atoms with Crippen molar-refractivity contribution in [2.45, 2.75) is 45.6 Å². The molecule has 0 radical (unpaired) electrons. The Labute approximate surface area is 98.5 Å². The minimum absolute atomic E-state index is 0.312. The molecule has 0 amide bonds. The largest absolute Gasteiger partial charge is 0.385 e. The molecule has 1 aliphatic carbocycles. The number of benzene rings is 1. The molecular formula is C15H22O. The highest BCUT2D eigenvalue weighted by atomic mass is 16.3. The van der Waals surface area contributed by atoms with Gasteiger partial charge in [0.25, 0.3) is 0 Å². The molecule has 0 spiro atoms. The summed E-state index contributed by atoms with van der Waals surface area (Å²) in [4.78, 5) is 0. The molecule has 1 aromatic carbocycles. The Morgan fingerprint density at radius 1 is 1.25 bits per heavy atom. The number of hydrogen-bond acceptors (Lipinski definition) is 1. The van der Waals surface area contributed by atoms with E-state index in [2.05, 4.69) is 45.9 Å². The van der Waals surface area contributed by atoms with Gasteiger partial charge >= 0.3 is 0 Å². The van der Waals surface area contributed by atoms with Crippen LogP contribution in [-0.4, -0.2) is 5.11 Å². The minimum atomic E-state index is -0.621. The zero-order valence-corrected chi connectivity index (χ0v) is 10.7. The fraction of sp³-hybridized carbons (Fsp3) is 0.600. The second-order valence-electron chi connectivity index (χ2n) is 5.69. The minimum Gasteiger partial charge on any atom is -0.385 e. The van der Waals surface area contributed by atoms with Crippen LogP contribution in [0.2, 0.25) is 0 Å². The number of aliphatic hydroxyl groups is 1. The zero-order valence-electron chi connectivity index (χ0n) is 10.7. The van der Waals surface area contributed by atoms with Gasteiger partial charge in [-0.2, -0.15) is 0 Å². The van der Waals surface area contributed by atoms with E-state index in [9.17, 15) is 5.11 Å². The van der Waals surface area contributed by atoms with E-state index < -0.39 is 5.60 Å². The summed E-state index contributed by atoms with van der Waals surface area (Å²) in [5, 5.41) is 11.0. The Morgan fingerprint density at radius 2 is 1.88 bits per heavy atom. The van der Waals surface area contributed by atoms with Crippen molar-refractivity contribution in [3.05, 3.63) is 35.4 Å². The van der Waals surface area contributed by atoms with E-state index in [0.717, 1.165) is 12.0 Å². The number of hydrogen-bond donors (Lipinski definition) is 1. The Balaban J connectivity index is 2.47. The van der Waals surface area contributed by atoms with Crippen molar-refractivity contribution in [1.29, 1.82) is 0 Å². The maximum atomic E-state index is 11.0. The van der Waals surface area contributed by atoms with Gasteiger partial charge in [0.05, 0.1) is 5.60 Å². The van der Waals surface area contributed by atoms with Crippen molar-refractivity contribution in [3.63, 3.8) is 0 Å². The van der Waals surface area contributed by atoms with Gasteiger partial charge in [0.2, 0.25) is 0 Å². The van der Waals surface area contributed by atoms with Gasteiger partial charge in [0.1, 0.15) is 0 Å². The zero-order chi connectivity index (χ0) is 11.9. The summed E-state index contributed by atoms with van der Waals surface area (Å²) in [5.41, 5.74) is 1.87. The van der Waals surface area contributed by atoms with Crippen LogP contribution in [0.5, 0.6) is 0 Å². The topological polar surface area (TPSA) is 20.2 Å². The van der Waals surface area contributed by atoms with E-state index in [4.69, 9.17) is 0 Å². The molecule has 88 valence electrons. The first-order valence-electron chi connectivity index (χ1n) is 6.28. The first-order chi connectivity index (χ1) is 7.47. The molecular weight excluding hydrogens is 196 g/mol. The highest BCUT2D eigenvalue weighted by molar-refractivity contribution is 5.41. The fourth-order valence-corrected chi connectivity index (χ4v) is 3.13. The summed E-state index contributed by atoms with van der Waals surface area (Å²) in [6, 6.07) is 8.37. The van der Waals surface area contributed by atoms with Crippen LogP contribution < -0.4 is 0 Å². The molecule has 0 fully saturated rings. The van der Waals surface area contributed by atoms with Gasteiger partial charge in [-0.05, 0) is 35.3 Å². The molecule has 2 rings (SSSR count). The third kappa shape index (κ3) is 1.58. The van der Waals surface area contributed by atoms with Crippen molar-refractivity contribution in [1.82, 2.24) is 0 Å². The van der Waals surface area contributed by atoms with Crippen LogP contribution in [0, 0.1) is 11.8 Å². The average Bonchev–Trinajstić information content (AvgIpc) is 2.42. The number of fused-ring (bicyclic) bond motifs is 1. The monoisotopic (exact) mass is 218 g/mol. The molecule has 0 saturated heterocycles. The number of rotatable bonds is 2. The molecule has 1 aliphatic rings. The quantitative estimate of drug-likeness (QED) is 0.803. The second-order valence-corrected chi connectivity index (χ2v) is 5.69. The summed E-state index contributed by atoms with van der Waals surface area (Å²) in [6.07, 6.45) is 0.857. The second kappa shape index (κ2) is 3.89. The molecule has 0 bridgehead atoms. The van der Waals surface area contributed by atoms with Gasteiger partial charge in [-0.25, -0.2) is 0 Å². The molecule has 0 heterocycles. The third-order valence-corrected chi connectivity index (χ3v) is 4.14. The molecule has 3 atom stereocenters. The lowest BCUT2D eigenvalue weighted by Gasteiger charge is -2.32. The summed E-state index contributed by atoms with van der Waals surface area (Å²) in [6.45, 7) is 8.75. The van der Waals surface area contributed by atoms with Crippen LogP contribution in [0.4, 0.5) is 0 Å². The van der Waals surface area contributed by atoms with Crippen LogP contribution in [0.3, 0.4) is 0 Å². The lowest BCUT2D eigenvalue weighted by atomic mass is 9.79. The van der Waals surface area contributed by atoms with E-state index in [1.165, 1.54) is 5.56 Å². The normalized spacial score (nSPS) is 33.1. The first kappa shape index (κ1) is 11.7. The van der Waals surface area contributed by atoms with Gasteiger partial charge in [-0.1, -0.05) is 52.0 Å². The van der Waals surface area contributed by atoms with Crippen LogP contribution in [-0.2, 0) is 5.60 Å². The van der Waals surface area contributed by atoms with E-state index in [0.29, 0.717) is 17.8 Å². The van der Waals surface area contributed by atoms with E-state index in [1.54, 1.807) is 0 Å². The lowest BCUT2D eigenvalue weighted by Crippen LogP contribution is -2.32. The van der Waals surface area contributed by atoms with Crippen molar-refractivity contribution < 1.29 is 5.11 Å². The van der Waals surface area contributed by atoms with E-state index in [-0.39, 0.29) is 0 Å². The highest BCUT2D eigenvalue weighted by Crippen LogP contribution is 2.51. The summed E-state index contributed by atoms with van der Waals surface area (Å²) in [5.74, 6) is 1.29. The fourth-order valence-electron chi connectivity index (χ4n) is 3.13. The Kier molecular flexibility index (Phi) is 2.83.